The Morgan fingerprint density at radius 2 is 2.08 bits per heavy atom. The van der Waals surface area contributed by atoms with Gasteiger partial charge >= 0.3 is 5.97 Å². The Morgan fingerprint density at radius 1 is 1.36 bits per heavy atom. The smallest absolute Gasteiger partial charge is 0.347 e. The molecule has 1 aromatic rings. The fraction of sp³-hybridized carbons (Fsp3) is 0.500. The first kappa shape index (κ1) is 17.9. The quantitative estimate of drug-likeness (QED) is 0.737. The number of carbonyl (C=O) groups excluding carboxylic acids is 1. The molecule has 25 heavy (non-hydrogen) atoms. The summed E-state index contributed by atoms with van der Waals surface area (Å²) in [4.78, 5) is 34.3. The monoisotopic (exact) mass is 382 g/mol. The van der Waals surface area contributed by atoms with E-state index in [1.807, 2.05) is 18.7 Å². The first-order valence-electron chi connectivity index (χ1n) is 8.16. The number of nitrogens with one attached hydrogen (secondary N) is 1. The minimum atomic E-state index is -0.943. The number of anilines is 1. The highest BCUT2D eigenvalue weighted by molar-refractivity contribution is 7.17. The van der Waals surface area contributed by atoms with Gasteiger partial charge in [0.2, 0.25) is 0 Å². The second-order valence-electron chi connectivity index (χ2n) is 5.99. The van der Waals surface area contributed by atoms with Crippen molar-refractivity contribution in [1.82, 2.24) is 10.3 Å². The van der Waals surface area contributed by atoms with Crippen molar-refractivity contribution in [3.8, 4) is 0 Å². The van der Waals surface area contributed by atoms with Gasteiger partial charge < -0.3 is 15.3 Å². The summed E-state index contributed by atoms with van der Waals surface area (Å²) >= 11 is 7.19. The van der Waals surface area contributed by atoms with E-state index < -0.39 is 5.97 Å². The van der Waals surface area contributed by atoms with Gasteiger partial charge in [0.05, 0.1) is 11.7 Å². The molecule has 1 amide bonds. The molecule has 2 aliphatic heterocycles. The lowest BCUT2D eigenvalue weighted by molar-refractivity contribution is -0.115. The van der Waals surface area contributed by atoms with E-state index in [0.717, 1.165) is 12.0 Å². The summed E-state index contributed by atoms with van der Waals surface area (Å²) in [6, 6.07) is 0.00177. The Kier molecular flexibility index (Phi) is 5.10. The molecule has 0 bridgehead atoms. The highest BCUT2D eigenvalue weighted by atomic mass is 35.5. The molecule has 2 N–H and O–H groups in total. The van der Waals surface area contributed by atoms with Crippen LogP contribution in [0.2, 0.25) is 0 Å². The average molecular weight is 383 g/mol. The van der Waals surface area contributed by atoms with Crippen molar-refractivity contribution in [3.05, 3.63) is 21.3 Å². The molecule has 0 saturated carbocycles. The second-order valence-corrected chi connectivity index (χ2v) is 7.33. The van der Waals surface area contributed by atoms with Crippen LogP contribution in [0.25, 0.3) is 0 Å². The Labute approximate surface area is 154 Å². The van der Waals surface area contributed by atoms with Crippen molar-refractivity contribution in [2.45, 2.75) is 39.2 Å². The van der Waals surface area contributed by atoms with Crippen molar-refractivity contribution < 1.29 is 14.7 Å². The molecule has 134 valence electrons. The fourth-order valence-corrected chi connectivity index (χ4v) is 4.10. The maximum Gasteiger partial charge on any atom is 0.347 e. The van der Waals surface area contributed by atoms with Crippen LogP contribution in [0, 0.1) is 0 Å². The minimum Gasteiger partial charge on any atom is -0.477 e. The van der Waals surface area contributed by atoms with E-state index in [1.165, 1.54) is 11.3 Å². The number of carbonyl (C=O) groups is 2. The van der Waals surface area contributed by atoms with Crippen molar-refractivity contribution >= 4 is 45.7 Å². The molecule has 9 heteroatoms. The summed E-state index contributed by atoms with van der Waals surface area (Å²) < 4.78 is 0. The number of aromatic nitrogens is 1. The van der Waals surface area contributed by atoms with E-state index in [1.54, 1.807) is 0 Å². The number of carboxylic acid groups (broad SMARTS) is 1. The normalized spacial score (nSPS) is 17.6. The summed E-state index contributed by atoms with van der Waals surface area (Å²) in [5.41, 5.74) is 2.04. The van der Waals surface area contributed by atoms with Crippen molar-refractivity contribution in [2.24, 2.45) is 4.99 Å². The number of rotatable bonds is 6. The summed E-state index contributed by atoms with van der Waals surface area (Å²) in [5, 5.41) is 13.3. The van der Waals surface area contributed by atoms with E-state index in [2.05, 4.69) is 15.3 Å². The summed E-state index contributed by atoms with van der Waals surface area (Å²) in [5.74, 6) is -1.13. The van der Waals surface area contributed by atoms with Gasteiger partial charge in [0.25, 0.3) is 5.91 Å². The molecule has 2 aliphatic rings. The molecule has 1 saturated heterocycles. The number of hydrogen-bond donors (Lipinski definition) is 2. The van der Waals surface area contributed by atoms with Gasteiger partial charge in [-0.3, -0.25) is 4.79 Å². The third kappa shape index (κ3) is 3.55. The number of hydrogen-bond acceptors (Lipinski definition) is 6. The Hall–Kier alpha value is -1.93. The summed E-state index contributed by atoms with van der Waals surface area (Å²) in [7, 11) is 0. The largest absolute Gasteiger partial charge is 0.477 e. The van der Waals surface area contributed by atoms with Gasteiger partial charge in [-0.05, 0) is 18.4 Å². The van der Waals surface area contributed by atoms with Crippen LogP contribution in [-0.2, 0) is 11.2 Å². The number of amides is 1. The lowest BCUT2D eigenvalue weighted by Gasteiger charge is -2.39. The van der Waals surface area contributed by atoms with Crippen molar-refractivity contribution in [1.29, 1.82) is 0 Å². The number of aliphatic imine (C=N–C) groups is 1. The predicted molar refractivity (Wildman–Crippen MR) is 97.8 cm³/mol. The topological polar surface area (TPSA) is 94.9 Å². The van der Waals surface area contributed by atoms with Crippen LogP contribution in [0.15, 0.2) is 15.7 Å². The van der Waals surface area contributed by atoms with E-state index in [9.17, 15) is 14.7 Å². The standard InChI is InChI=1S/C16H19ClN4O3S/c1-3-8-5-11(19-13(8)17)14(22)18-9-6-21(7-9)16-20-10(4-2)12(25-16)15(23)24/h9H,3-7H2,1-2H3,(H,18,22)(H,23,24). The summed E-state index contributed by atoms with van der Waals surface area (Å²) in [6.45, 7) is 5.09. The van der Waals surface area contributed by atoms with E-state index in [4.69, 9.17) is 11.6 Å². The zero-order chi connectivity index (χ0) is 18.1. The van der Waals surface area contributed by atoms with Crippen molar-refractivity contribution in [3.63, 3.8) is 0 Å². The molecular weight excluding hydrogens is 364 g/mol. The third-order valence-electron chi connectivity index (χ3n) is 4.30. The van der Waals surface area contributed by atoms with Gasteiger partial charge in [-0.15, -0.1) is 0 Å². The highest BCUT2D eigenvalue weighted by Crippen LogP contribution is 2.30. The maximum atomic E-state index is 12.3. The van der Waals surface area contributed by atoms with Gasteiger partial charge in [0, 0.05) is 19.5 Å². The first-order valence-corrected chi connectivity index (χ1v) is 9.36. The van der Waals surface area contributed by atoms with Gasteiger partial charge in [0.15, 0.2) is 5.13 Å². The van der Waals surface area contributed by atoms with E-state index in [-0.39, 0.29) is 16.8 Å². The molecule has 0 radical (unpaired) electrons. The third-order valence-corrected chi connectivity index (χ3v) is 5.80. The zero-order valence-corrected chi connectivity index (χ0v) is 15.6. The second kappa shape index (κ2) is 7.13. The van der Waals surface area contributed by atoms with Crippen LogP contribution in [0.3, 0.4) is 0 Å². The molecule has 1 fully saturated rings. The molecule has 1 aromatic heterocycles. The lowest BCUT2D eigenvalue weighted by Crippen LogP contribution is -2.60. The number of carboxylic acids is 1. The zero-order valence-electron chi connectivity index (χ0n) is 14.0. The average Bonchev–Trinajstić information content (AvgIpc) is 3.13. The SMILES string of the molecule is CCC1=C(Cl)N=C(C(=O)NC2CN(c3nc(CC)c(C(=O)O)s3)C2)C1. The van der Waals surface area contributed by atoms with Crippen LogP contribution in [0.1, 0.15) is 42.1 Å². The molecular formula is C16H19ClN4O3S. The molecule has 3 rings (SSSR count). The number of nitrogens with zero attached hydrogens (tertiary/aromatic N) is 3. The van der Waals surface area contributed by atoms with Gasteiger partial charge in [-0.25, -0.2) is 14.8 Å². The number of aryl methyl sites for hydroxylation is 1. The Balaban J connectivity index is 1.54. The Bertz CT molecular complexity index is 780. The van der Waals surface area contributed by atoms with Gasteiger partial charge in [0.1, 0.15) is 15.7 Å². The number of halogens is 1. The first-order chi connectivity index (χ1) is 11.9. The van der Waals surface area contributed by atoms with Gasteiger partial charge in [-0.1, -0.05) is 36.8 Å². The maximum absolute atomic E-state index is 12.3. The van der Waals surface area contributed by atoms with E-state index in [0.29, 0.717) is 47.6 Å². The van der Waals surface area contributed by atoms with Crippen LogP contribution in [0.5, 0.6) is 0 Å². The van der Waals surface area contributed by atoms with Crippen LogP contribution < -0.4 is 10.2 Å². The number of aromatic carboxylic acids is 1. The lowest BCUT2D eigenvalue weighted by atomic mass is 10.1. The highest BCUT2D eigenvalue weighted by Gasteiger charge is 2.33. The Morgan fingerprint density at radius 3 is 2.60 bits per heavy atom. The molecule has 0 aliphatic carbocycles. The van der Waals surface area contributed by atoms with Crippen LogP contribution >= 0.6 is 22.9 Å². The van der Waals surface area contributed by atoms with Crippen LogP contribution in [0.4, 0.5) is 5.13 Å². The number of thiazole rings is 1. The molecule has 0 unspecified atom stereocenters. The fourth-order valence-electron chi connectivity index (χ4n) is 2.79. The predicted octanol–water partition coefficient (Wildman–Crippen LogP) is 2.41. The molecule has 3 heterocycles. The minimum absolute atomic E-state index is 0.00177. The number of allylic oxidation sites excluding steroid dienone is 1. The van der Waals surface area contributed by atoms with Gasteiger partial charge in [-0.2, -0.15) is 0 Å². The van der Waals surface area contributed by atoms with Crippen molar-refractivity contribution in [2.75, 3.05) is 18.0 Å². The summed E-state index contributed by atoms with van der Waals surface area (Å²) in [6.07, 6.45) is 1.87. The molecule has 0 aromatic carbocycles. The van der Waals surface area contributed by atoms with Crippen LogP contribution in [-0.4, -0.2) is 46.8 Å². The molecule has 0 atom stereocenters. The molecule has 0 spiro atoms. The van der Waals surface area contributed by atoms with E-state index >= 15 is 0 Å². The molecule has 7 nitrogen and oxygen atoms in total.